The van der Waals surface area contributed by atoms with Gasteiger partial charge in [-0.2, -0.15) is 0 Å². The molecule has 4 heteroatoms. The van der Waals surface area contributed by atoms with E-state index in [4.69, 9.17) is 10.5 Å². The third-order valence-electron chi connectivity index (χ3n) is 1.49. The lowest BCUT2D eigenvalue weighted by Crippen LogP contribution is -2.00. The van der Waals surface area contributed by atoms with Crippen LogP contribution in [0.25, 0.3) is 0 Å². The number of nitrogens with two attached hydrogens (primary N) is 1. The van der Waals surface area contributed by atoms with Crippen LogP contribution in [0.1, 0.15) is 6.42 Å². The molecule has 1 aromatic carbocycles. The van der Waals surface area contributed by atoms with E-state index in [1.807, 2.05) is 0 Å². The fourth-order valence-electron chi connectivity index (χ4n) is 0.871. The van der Waals surface area contributed by atoms with Crippen molar-refractivity contribution in [3.63, 3.8) is 0 Å². The Balaban J connectivity index is 2.56. The first-order valence-electron chi connectivity index (χ1n) is 3.98. The molecule has 0 aliphatic carbocycles. The van der Waals surface area contributed by atoms with Crippen LogP contribution in [0, 0.1) is 5.82 Å². The van der Waals surface area contributed by atoms with E-state index in [0.717, 1.165) is 0 Å². The Morgan fingerprint density at radius 2 is 2.15 bits per heavy atom. The lowest BCUT2D eigenvalue weighted by atomic mass is 10.3. The summed E-state index contributed by atoms with van der Waals surface area (Å²) in [6.07, 6.45) is 0.268. The smallest absolute Gasteiger partial charge is 0.167 e. The molecule has 0 saturated carbocycles. The van der Waals surface area contributed by atoms with Crippen LogP contribution in [-0.2, 0) is 0 Å². The van der Waals surface area contributed by atoms with Gasteiger partial charge in [0.15, 0.2) is 11.6 Å². The Kier molecular flexibility index (Phi) is 3.49. The van der Waals surface area contributed by atoms with E-state index in [1.165, 1.54) is 18.2 Å². The van der Waals surface area contributed by atoms with Crippen molar-refractivity contribution in [3.8, 4) is 5.75 Å². The van der Waals surface area contributed by atoms with Crippen LogP contribution in [0.5, 0.6) is 5.75 Å². The van der Waals surface area contributed by atoms with Crippen molar-refractivity contribution < 1.29 is 13.5 Å². The first-order valence-corrected chi connectivity index (χ1v) is 3.98. The van der Waals surface area contributed by atoms with Gasteiger partial charge in [0.05, 0.1) is 13.3 Å². The van der Waals surface area contributed by atoms with Gasteiger partial charge >= 0.3 is 0 Å². The van der Waals surface area contributed by atoms with Gasteiger partial charge in [0.2, 0.25) is 0 Å². The molecule has 0 aliphatic heterocycles. The van der Waals surface area contributed by atoms with Crippen molar-refractivity contribution in [2.75, 3.05) is 19.0 Å². The summed E-state index contributed by atoms with van der Waals surface area (Å²) in [5, 5.41) is 0. The fraction of sp³-hybridized carbons (Fsp3) is 0.333. The van der Waals surface area contributed by atoms with Gasteiger partial charge in [-0.25, -0.2) is 4.39 Å². The lowest BCUT2D eigenvalue weighted by molar-refractivity contribution is 0.277. The van der Waals surface area contributed by atoms with E-state index in [0.29, 0.717) is 5.69 Å². The zero-order valence-electron chi connectivity index (χ0n) is 7.09. The van der Waals surface area contributed by atoms with Gasteiger partial charge in [0.25, 0.3) is 0 Å². The molecule has 72 valence electrons. The molecule has 0 aromatic heterocycles. The van der Waals surface area contributed by atoms with Gasteiger partial charge < -0.3 is 10.5 Å². The van der Waals surface area contributed by atoms with Gasteiger partial charge in [-0.3, -0.25) is 4.39 Å². The summed E-state index contributed by atoms with van der Waals surface area (Å²) >= 11 is 0. The van der Waals surface area contributed by atoms with Crippen LogP contribution in [0.3, 0.4) is 0 Å². The normalized spacial score (nSPS) is 10.0. The van der Waals surface area contributed by atoms with E-state index in [2.05, 4.69) is 0 Å². The molecule has 0 unspecified atom stereocenters. The predicted molar refractivity (Wildman–Crippen MR) is 46.9 cm³/mol. The molecule has 0 bridgehead atoms. The van der Waals surface area contributed by atoms with Crippen LogP contribution in [0.4, 0.5) is 14.5 Å². The summed E-state index contributed by atoms with van der Waals surface area (Å²) in [4.78, 5) is 0. The maximum Gasteiger partial charge on any atom is 0.167 e. The first kappa shape index (κ1) is 9.77. The maximum atomic E-state index is 13.0. The van der Waals surface area contributed by atoms with E-state index >= 15 is 0 Å². The second kappa shape index (κ2) is 4.64. The Hall–Kier alpha value is -1.32. The van der Waals surface area contributed by atoms with Crippen molar-refractivity contribution in [2.45, 2.75) is 6.42 Å². The lowest BCUT2D eigenvalue weighted by Gasteiger charge is -2.05. The molecule has 0 fully saturated rings. The van der Waals surface area contributed by atoms with Gasteiger partial charge in [-0.05, 0) is 12.1 Å². The van der Waals surface area contributed by atoms with Crippen LogP contribution < -0.4 is 10.5 Å². The fourth-order valence-corrected chi connectivity index (χ4v) is 0.871. The van der Waals surface area contributed by atoms with Crippen molar-refractivity contribution >= 4 is 5.69 Å². The Morgan fingerprint density at radius 1 is 1.38 bits per heavy atom. The number of anilines is 1. The molecule has 2 N–H and O–H groups in total. The predicted octanol–water partition coefficient (Wildman–Crippen LogP) is 2.15. The van der Waals surface area contributed by atoms with Crippen molar-refractivity contribution in [3.05, 3.63) is 24.0 Å². The highest BCUT2D eigenvalue weighted by Crippen LogP contribution is 2.19. The quantitative estimate of drug-likeness (QED) is 0.579. The van der Waals surface area contributed by atoms with Crippen molar-refractivity contribution in [1.82, 2.24) is 0 Å². The molecular formula is C9H11F2NO. The molecule has 2 nitrogen and oxygen atoms in total. The minimum absolute atomic E-state index is 0.114. The Morgan fingerprint density at radius 3 is 2.77 bits per heavy atom. The zero-order chi connectivity index (χ0) is 9.68. The molecule has 13 heavy (non-hydrogen) atoms. The largest absolute Gasteiger partial charge is 0.490 e. The molecular weight excluding hydrogens is 176 g/mol. The van der Waals surface area contributed by atoms with Crippen molar-refractivity contribution in [1.29, 1.82) is 0 Å². The molecule has 0 radical (unpaired) electrons. The maximum absolute atomic E-state index is 13.0. The third kappa shape index (κ3) is 2.89. The highest BCUT2D eigenvalue weighted by Gasteiger charge is 2.02. The highest BCUT2D eigenvalue weighted by atomic mass is 19.1. The van der Waals surface area contributed by atoms with E-state index in [-0.39, 0.29) is 18.8 Å². The summed E-state index contributed by atoms with van der Waals surface area (Å²) in [7, 11) is 0. The van der Waals surface area contributed by atoms with Crippen LogP contribution in [0.2, 0.25) is 0 Å². The molecule has 0 aliphatic rings. The third-order valence-corrected chi connectivity index (χ3v) is 1.49. The van der Waals surface area contributed by atoms with Crippen LogP contribution in [-0.4, -0.2) is 13.3 Å². The Bertz CT molecular complexity index is 278. The molecule has 0 spiro atoms. The summed E-state index contributed by atoms with van der Waals surface area (Å²) in [5.41, 5.74) is 5.67. The molecule has 0 atom stereocenters. The van der Waals surface area contributed by atoms with Gasteiger partial charge in [0, 0.05) is 18.2 Å². The first-order chi connectivity index (χ1) is 6.24. The molecule has 1 aromatic rings. The summed E-state index contributed by atoms with van der Waals surface area (Å²) in [6.45, 7) is -0.284. The number of alkyl halides is 1. The van der Waals surface area contributed by atoms with E-state index < -0.39 is 12.5 Å². The van der Waals surface area contributed by atoms with Gasteiger partial charge in [-0.1, -0.05) is 0 Å². The summed E-state index contributed by atoms with van der Waals surface area (Å²) in [6, 6.07) is 4.14. The average molecular weight is 187 g/mol. The molecule has 0 heterocycles. The monoisotopic (exact) mass is 187 g/mol. The van der Waals surface area contributed by atoms with Crippen LogP contribution >= 0.6 is 0 Å². The number of hydrogen-bond acceptors (Lipinski definition) is 2. The molecule has 1 rings (SSSR count). The topological polar surface area (TPSA) is 35.2 Å². The minimum Gasteiger partial charge on any atom is -0.490 e. The SMILES string of the molecule is Nc1ccc(OCCCF)c(F)c1. The standard InChI is InChI=1S/C9H11F2NO/c10-4-1-5-13-9-3-2-7(12)6-8(9)11/h2-3,6H,1,4-5,12H2. The highest BCUT2D eigenvalue weighted by molar-refractivity contribution is 5.42. The average Bonchev–Trinajstić information content (AvgIpc) is 2.09. The van der Waals surface area contributed by atoms with Crippen LogP contribution in [0.15, 0.2) is 18.2 Å². The number of rotatable bonds is 4. The number of ether oxygens (including phenoxy) is 1. The van der Waals surface area contributed by atoms with Gasteiger partial charge in [0.1, 0.15) is 0 Å². The van der Waals surface area contributed by atoms with E-state index in [9.17, 15) is 8.78 Å². The number of benzene rings is 1. The summed E-state index contributed by atoms with van der Waals surface area (Å²) < 4.78 is 29.6. The van der Waals surface area contributed by atoms with Crippen molar-refractivity contribution in [2.24, 2.45) is 0 Å². The zero-order valence-corrected chi connectivity index (χ0v) is 7.09. The second-order valence-electron chi connectivity index (χ2n) is 2.58. The Labute approximate surface area is 75.3 Å². The summed E-state index contributed by atoms with van der Waals surface area (Å²) in [5.74, 6) is -0.401. The number of nitrogen functional groups attached to an aromatic ring is 1. The number of hydrogen-bond donors (Lipinski definition) is 1. The van der Waals surface area contributed by atoms with Gasteiger partial charge in [-0.15, -0.1) is 0 Å². The minimum atomic E-state index is -0.515. The molecule has 0 amide bonds. The number of halogens is 2. The van der Waals surface area contributed by atoms with E-state index in [1.54, 1.807) is 0 Å². The molecule has 0 saturated heterocycles. The second-order valence-corrected chi connectivity index (χ2v) is 2.58.